The Morgan fingerprint density at radius 2 is 1.81 bits per heavy atom. The highest BCUT2D eigenvalue weighted by atomic mass is 16.1. The van der Waals surface area contributed by atoms with Crippen LogP contribution < -0.4 is 15.5 Å². The largest absolute Gasteiger partial charge is 0.373 e. The molecule has 2 aliphatic heterocycles. The summed E-state index contributed by atoms with van der Waals surface area (Å²) in [5, 5.41) is 15.6. The first kappa shape index (κ1) is 19.2. The fourth-order valence-corrected chi connectivity index (χ4v) is 3.43. The average molecular weight is 368 g/mol. The highest BCUT2D eigenvalue weighted by Crippen LogP contribution is 2.16. The van der Waals surface area contributed by atoms with Gasteiger partial charge in [-0.2, -0.15) is 5.26 Å². The number of nitrogens with zero attached hydrogens (tertiary/aromatic N) is 4. The summed E-state index contributed by atoms with van der Waals surface area (Å²) >= 11 is 0. The van der Waals surface area contributed by atoms with Crippen LogP contribution in [0.1, 0.15) is 0 Å². The Labute approximate surface area is 161 Å². The Morgan fingerprint density at radius 3 is 2.48 bits per heavy atom. The quantitative estimate of drug-likeness (QED) is 0.553. The summed E-state index contributed by atoms with van der Waals surface area (Å²) in [4.78, 5) is 19.0. The van der Waals surface area contributed by atoms with Crippen LogP contribution >= 0.6 is 0 Å². The van der Waals surface area contributed by atoms with E-state index in [0.29, 0.717) is 6.54 Å². The van der Waals surface area contributed by atoms with Gasteiger partial charge in [-0.25, -0.2) is 0 Å². The van der Waals surface area contributed by atoms with Crippen LogP contribution in [-0.2, 0) is 4.79 Å². The zero-order chi connectivity index (χ0) is 18.9. The molecule has 2 fully saturated rings. The van der Waals surface area contributed by atoms with Gasteiger partial charge in [0.05, 0.1) is 0 Å². The van der Waals surface area contributed by atoms with E-state index in [1.807, 2.05) is 18.2 Å². The number of para-hydroxylation sites is 1. The van der Waals surface area contributed by atoms with Gasteiger partial charge in [-0.3, -0.25) is 9.69 Å². The van der Waals surface area contributed by atoms with E-state index in [-0.39, 0.29) is 11.5 Å². The summed E-state index contributed by atoms with van der Waals surface area (Å²) in [5.74, 6) is -0.280. The molecular weight excluding hydrogens is 340 g/mol. The number of rotatable bonds is 6. The van der Waals surface area contributed by atoms with E-state index in [0.717, 1.165) is 58.9 Å². The summed E-state index contributed by atoms with van der Waals surface area (Å²) in [7, 11) is 0. The van der Waals surface area contributed by atoms with Crippen molar-refractivity contribution in [3.05, 3.63) is 42.1 Å². The summed E-state index contributed by atoms with van der Waals surface area (Å²) in [6.07, 6.45) is 1.71. The zero-order valence-electron chi connectivity index (χ0n) is 15.7. The third-order valence-corrected chi connectivity index (χ3v) is 5.04. The molecule has 27 heavy (non-hydrogen) atoms. The topological polar surface area (TPSA) is 74.6 Å². The summed E-state index contributed by atoms with van der Waals surface area (Å²) in [6.45, 7) is 8.74. The van der Waals surface area contributed by atoms with E-state index in [1.165, 1.54) is 5.69 Å². The number of carbonyl (C=O) groups is 1. The number of nitriles is 1. The van der Waals surface area contributed by atoms with E-state index in [4.69, 9.17) is 0 Å². The van der Waals surface area contributed by atoms with Gasteiger partial charge in [0.2, 0.25) is 0 Å². The lowest BCUT2D eigenvalue weighted by atomic mass is 10.2. The first-order valence-corrected chi connectivity index (χ1v) is 9.63. The SMILES string of the molecule is N#C/C(=C/N1CCN(c2ccccc2)CC1)C(=O)NCCN1CCNCC1. The van der Waals surface area contributed by atoms with E-state index in [2.05, 4.69) is 43.5 Å². The van der Waals surface area contributed by atoms with Crippen LogP contribution in [0.25, 0.3) is 0 Å². The Kier molecular flexibility index (Phi) is 7.08. The monoisotopic (exact) mass is 368 g/mol. The minimum atomic E-state index is -0.280. The second-order valence-electron chi connectivity index (χ2n) is 6.86. The molecule has 7 nitrogen and oxygen atoms in total. The van der Waals surface area contributed by atoms with E-state index in [1.54, 1.807) is 6.20 Å². The molecule has 0 aromatic heterocycles. The van der Waals surface area contributed by atoms with Gasteiger partial charge in [0.25, 0.3) is 5.91 Å². The van der Waals surface area contributed by atoms with Crippen molar-refractivity contribution in [1.29, 1.82) is 5.26 Å². The van der Waals surface area contributed by atoms with E-state index >= 15 is 0 Å². The molecule has 144 valence electrons. The predicted octanol–water partition coefficient (Wildman–Crippen LogP) is 0.237. The third kappa shape index (κ3) is 5.71. The van der Waals surface area contributed by atoms with Crippen molar-refractivity contribution < 1.29 is 4.79 Å². The molecule has 0 spiro atoms. The zero-order valence-corrected chi connectivity index (χ0v) is 15.7. The Bertz CT molecular complexity index is 669. The Morgan fingerprint density at radius 1 is 1.11 bits per heavy atom. The molecule has 0 unspecified atom stereocenters. The maximum Gasteiger partial charge on any atom is 0.263 e. The average Bonchev–Trinajstić information content (AvgIpc) is 2.74. The molecule has 1 aromatic carbocycles. The highest BCUT2D eigenvalue weighted by Gasteiger charge is 2.17. The third-order valence-electron chi connectivity index (χ3n) is 5.04. The van der Waals surface area contributed by atoms with Gasteiger partial charge in [-0.15, -0.1) is 0 Å². The molecule has 2 heterocycles. The van der Waals surface area contributed by atoms with E-state index in [9.17, 15) is 10.1 Å². The molecule has 7 heteroatoms. The van der Waals surface area contributed by atoms with Crippen LogP contribution in [-0.4, -0.2) is 81.2 Å². The Hall–Kier alpha value is -2.56. The molecule has 0 aliphatic carbocycles. The van der Waals surface area contributed by atoms with Crippen LogP contribution in [0.4, 0.5) is 5.69 Å². The van der Waals surface area contributed by atoms with Crippen molar-refractivity contribution in [2.24, 2.45) is 0 Å². The normalized spacial score (nSPS) is 18.9. The molecule has 1 aromatic rings. The minimum Gasteiger partial charge on any atom is -0.373 e. The van der Waals surface area contributed by atoms with Crippen molar-refractivity contribution in [3.63, 3.8) is 0 Å². The van der Waals surface area contributed by atoms with Gasteiger partial charge in [-0.05, 0) is 12.1 Å². The lowest BCUT2D eigenvalue weighted by Gasteiger charge is -2.35. The minimum absolute atomic E-state index is 0.184. The van der Waals surface area contributed by atoms with Crippen LogP contribution in [0.3, 0.4) is 0 Å². The van der Waals surface area contributed by atoms with Crippen molar-refractivity contribution >= 4 is 11.6 Å². The van der Waals surface area contributed by atoms with Gasteiger partial charge in [0, 0.05) is 77.3 Å². The maximum absolute atomic E-state index is 12.3. The number of carbonyl (C=O) groups excluding carboxylic acids is 1. The molecule has 2 aliphatic rings. The number of nitrogens with one attached hydrogen (secondary N) is 2. The fourth-order valence-electron chi connectivity index (χ4n) is 3.43. The summed E-state index contributed by atoms with van der Waals surface area (Å²) < 4.78 is 0. The number of hydrogen-bond donors (Lipinski definition) is 2. The van der Waals surface area contributed by atoms with Crippen molar-refractivity contribution in [2.45, 2.75) is 0 Å². The molecule has 1 amide bonds. The number of amides is 1. The highest BCUT2D eigenvalue weighted by molar-refractivity contribution is 5.97. The number of hydrogen-bond acceptors (Lipinski definition) is 6. The summed E-state index contributed by atoms with van der Waals surface area (Å²) in [6, 6.07) is 12.4. The van der Waals surface area contributed by atoms with Gasteiger partial charge in [-0.1, -0.05) is 18.2 Å². The molecule has 0 radical (unpaired) electrons. The molecule has 0 bridgehead atoms. The van der Waals surface area contributed by atoms with Crippen molar-refractivity contribution in [2.75, 3.05) is 70.3 Å². The first-order valence-electron chi connectivity index (χ1n) is 9.63. The number of piperazine rings is 2. The fraction of sp³-hybridized carbons (Fsp3) is 0.500. The summed E-state index contributed by atoms with van der Waals surface area (Å²) in [5.41, 5.74) is 1.40. The second kappa shape index (κ2) is 9.95. The van der Waals surface area contributed by atoms with Crippen molar-refractivity contribution in [1.82, 2.24) is 20.4 Å². The standard InChI is InChI=1S/C20H28N6O/c21-16-18(20(27)23-8-11-24-9-6-22-7-10-24)17-25-12-14-26(15-13-25)19-4-2-1-3-5-19/h1-5,17,22H,6-15H2,(H,23,27)/b18-17-. The first-order chi connectivity index (χ1) is 13.3. The molecule has 0 saturated carbocycles. The Balaban J connectivity index is 1.45. The molecule has 3 rings (SSSR count). The second-order valence-corrected chi connectivity index (χ2v) is 6.86. The van der Waals surface area contributed by atoms with Gasteiger partial charge in [0.1, 0.15) is 11.6 Å². The number of anilines is 1. The van der Waals surface area contributed by atoms with Crippen LogP contribution in [0.5, 0.6) is 0 Å². The smallest absolute Gasteiger partial charge is 0.263 e. The van der Waals surface area contributed by atoms with Gasteiger partial charge in [0.15, 0.2) is 0 Å². The van der Waals surface area contributed by atoms with Gasteiger partial charge < -0.3 is 20.4 Å². The van der Waals surface area contributed by atoms with Crippen molar-refractivity contribution in [3.8, 4) is 6.07 Å². The number of benzene rings is 1. The molecule has 0 atom stereocenters. The molecule has 2 N–H and O–H groups in total. The molecule has 2 saturated heterocycles. The lowest BCUT2D eigenvalue weighted by molar-refractivity contribution is -0.117. The van der Waals surface area contributed by atoms with Crippen LogP contribution in [0, 0.1) is 11.3 Å². The van der Waals surface area contributed by atoms with Crippen LogP contribution in [0.15, 0.2) is 42.1 Å². The van der Waals surface area contributed by atoms with Gasteiger partial charge >= 0.3 is 0 Å². The predicted molar refractivity (Wildman–Crippen MR) is 106 cm³/mol. The maximum atomic E-state index is 12.3. The van der Waals surface area contributed by atoms with E-state index < -0.39 is 0 Å². The molecular formula is C20H28N6O. The lowest BCUT2D eigenvalue weighted by Crippen LogP contribution is -2.46. The van der Waals surface area contributed by atoms with Crippen LogP contribution in [0.2, 0.25) is 0 Å².